The predicted molar refractivity (Wildman–Crippen MR) is 175 cm³/mol. The lowest BCUT2D eigenvalue weighted by atomic mass is 9.67. The molecule has 0 radical (unpaired) electrons. The number of aliphatic hydroxyl groups excluding tert-OH is 1. The smallest absolute Gasteiger partial charge is 0.270 e. The molecule has 3 fully saturated rings. The van der Waals surface area contributed by atoms with Crippen molar-refractivity contribution in [2.45, 2.75) is 87.9 Å². The number of morpholine rings is 1. The second-order valence-corrected chi connectivity index (χ2v) is 14.7. The molecule has 0 bridgehead atoms. The van der Waals surface area contributed by atoms with Crippen molar-refractivity contribution in [3.05, 3.63) is 51.6 Å². The average molecular weight is 714 g/mol. The van der Waals surface area contributed by atoms with Crippen molar-refractivity contribution in [2.75, 3.05) is 24.7 Å². The Morgan fingerprint density at radius 1 is 1.06 bits per heavy atom. The van der Waals surface area contributed by atoms with Gasteiger partial charge in [0.1, 0.15) is 29.0 Å². The van der Waals surface area contributed by atoms with E-state index in [0.717, 1.165) is 5.75 Å². The third-order valence-electron chi connectivity index (χ3n) is 10.5. The largest absolute Gasteiger partial charge is 0.507 e. The number of ketones is 2. The van der Waals surface area contributed by atoms with E-state index in [1.165, 1.54) is 18.2 Å². The summed E-state index contributed by atoms with van der Waals surface area (Å²) in [5.41, 5.74) is 0.707. The fourth-order valence-electron chi connectivity index (χ4n) is 8.17. The molecule has 7 rings (SSSR count). The summed E-state index contributed by atoms with van der Waals surface area (Å²) in [7, 11) is 0. The molecule has 2 aromatic rings. The van der Waals surface area contributed by atoms with Gasteiger partial charge in [-0.25, -0.2) is 0 Å². The molecule has 2 aromatic carbocycles. The van der Waals surface area contributed by atoms with E-state index < -0.39 is 101 Å². The predicted octanol–water partition coefficient (Wildman–Crippen LogP) is 0.552. The summed E-state index contributed by atoms with van der Waals surface area (Å²) in [4.78, 5) is 55.7. The van der Waals surface area contributed by atoms with Crippen molar-refractivity contribution in [1.82, 2.24) is 15.8 Å². The number of rotatable bonds is 6. The van der Waals surface area contributed by atoms with Gasteiger partial charge in [-0.1, -0.05) is 19.1 Å². The Morgan fingerprint density at radius 3 is 2.58 bits per heavy atom. The van der Waals surface area contributed by atoms with Crippen LogP contribution in [0.3, 0.4) is 0 Å². The number of amides is 2. The van der Waals surface area contributed by atoms with E-state index >= 15 is 0 Å². The van der Waals surface area contributed by atoms with Crippen LogP contribution in [0.15, 0.2) is 18.2 Å². The van der Waals surface area contributed by atoms with E-state index in [1.54, 1.807) is 18.7 Å². The zero-order valence-corrected chi connectivity index (χ0v) is 28.2. The van der Waals surface area contributed by atoms with Gasteiger partial charge in [0.2, 0.25) is 11.7 Å². The van der Waals surface area contributed by atoms with Gasteiger partial charge in [-0.3, -0.25) is 34.9 Å². The first-order valence-corrected chi connectivity index (χ1v) is 17.8. The van der Waals surface area contributed by atoms with E-state index in [0.29, 0.717) is 12.3 Å². The van der Waals surface area contributed by atoms with Gasteiger partial charge in [0.05, 0.1) is 35.5 Å². The lowest BCUT2D eigenvalue weighted by molar-refractivity contribution is -0.235. The van der Waals surface area contributed by atoms with Gasteiger partial charge in [-0.15, -0.1) is 0 Å². The normalized spacial score (nSPS) is 31.6. The number of carbonyl (C=O) groups excluding carboxylic acids is 4. The number of hydrogen-bond acceptors (Lipinski definition) is 14. The third-order valence-corrected chi connectivity index (χ3v) is 11.4. The minimum Gasteiger partial charge on any atom is -0.507 e. The number of phenols is 3. The topological polar surface area (TPSA) is 224 Å². The van der Waals surface area contributed by atoms with E-state index in [9.17, 15) is 44.7 Å². The fraction of sp³-hybridized carbons (Fsp3) is 0.529. The van der Waals surface area contributed by atoms with Crippen LogP contribution >= 0.6 is 11.8 Å². The Hall–Kier alpha value is -3.77. The molecule has 2 aliphatic carbocycles. The highest BCUT2D eigenvalue weighted by Crippen LogP contribution is 2.54. The number of fused-ring (bicyclic) bond motifs is 6. The Balaban J connectivity index is 1.30. The van der Waals surface area contributed by atoms with Gasteiger partial charge in [-0.05, 0) is 31.6 Å². The monoisotopic (exact) mass is 713 g/mol. The maximum Gasteiger partial charge on any atom is 0.270 e. The fourth-order valence-corrected chi connectivity index (χ4v) is 8.79. The summed E-state index contributed by atoms with van der Waals surface area (Å²) in [6.45, 7) is 4.43. The SMILES string of the molecule is CCSCCC(=O)NNC(=O)[C@]1(O)Cc2c(O)c3c(c(O)c2[C@@H](C2C[C@H]4[C@H](O[C@@H]5[C@@H](O)OCCN54)[C@H](C)O2)C1)C(=O)c1c(O)cccc1C3=O. The molecule has 0 spiro atoms. The number of hydrazine groups is 1. The van der Waals surface area contributed by atoms with Crippen LogP contribution in [-0.4, -0.2) is 121 Å². The number of phenolic OH excluding ortho intramolecular Hbond substituents is 3. The van der Waals surface area contributed by atoms with Crippen molar-refractivity contribution >= 4 is 35.1 Å². The van der Waals surface area contributed by atoms with Crippen LogP contribution < -0.4 is 10.9 Å². The number of aromatic hydroxyl groups is 3. The van der Waals surface area contributed by atoms with E-state index in [-0.39, 0.29) is 54.2 Å². The molecule has 50 heavy (non-hydrogen) atoms. The number of carbonyl (C=O) groups is 4. The molecular formula is C34H39N3O12S. The van der Waals surface area contributed by atoms with Gasteiger partial charge in [-0.2, -0.15) is 11.8 Å². The zero-order valence-electron chi connectivity index (χ0n) is 27.4. The van der Waals surface area contributed by atoms with E-state index in [4.69, 9.17) is 14.2 Å². The van der Waals surface area contributed by atoms with Crippen molar-refractivity contribution in [3.8, 4) is 17.2 Å². The molecule has 16 heteroatoms. The molecule has 268 valence electrons. The molecule has 5 aliphatic rings. The molecule has 3 aliphatic heterocycles. The lowest BCUT2D eigenvalue weighted by Crippen LogP contribution is -2.58. The number of aliphatic hydroxyl groups is 2. The Morgan fingerprint density at radius 2 is 1.82 bits per heavy atom. The molecule has 8 atom stereocenters. The molecule has 7 N–H and O–H groups in total. The lowest BCUT2D eigenvalue weighted by Gasteiger charge is -2.46. The molecule has 1 unspecified atom stereocenters. The second-order valence-electron chi connectivity index (χ2n) is 13.3. The Kier molecular flexibility index (Phi) is 9.07. The standard InChI is InChI=1S/C34H39N3O12S/c1-3-50-10-7-21(39)35-36-33(45)34(46)12-16(20-11-18-30(14(2)48-20)49-31-32(44)47-9-8-37(18)31)22-17(13-34)27(41)24-25(28(22)42)29(43)23-15(26(24)40)5-4-6-19(23)38/h4-6,14,16,18,20,30-32,38,41-42,44,46H,3,7-13H2,1-2H3,(H,35,39)(H,36,45)/t14-,16+,18-,20?,30+,31+,32-,34+/m0/s1. The molecule has 0 aromatic heterocycles. The number of thioether (sulfide) groups is 1. The van der Waals surface area contributed by atoms with Crippen molar-refractivity contribution in [3.63, 3.8) is 0 Å². The quantitative estimate of drug-likeness (QED) is 0.105. The highest BCUT2D eigenvalue weighted by Gasteiger charge is 2.57. The molecule has 2 amide bonds. The van der Waals surface area contributed by atoms with Crippen LogP contribution in [0.5, 0.6) is 17.2 Å². The average Bonchev–Trinajstić information content (AvgIpc) is 3.48. The van der Waals surface area contributed by atoms with Crippen LogP contribution in [0.2, 0.25) is 0 Å². The second kappa shape index (κ2) is 13.1. The number of benzene rings is 2. The van der Waals surface area contributed by atoms with Gasteiger partial charge < -0.3 is 39.7 Å². The summed E-state index contributed by atoms with van der Waals surface area (Å²) >= 11 is 1.54. The summed E-state index contributed by atoms with van der Waals surface area (Å²) in [6, 6.07) is 3.62. The zero-order chi connectivity index (χ0) is 35.6. The first kappa shape index (κ1) is 34.7. The minimum atomic E-state index is -2.29. The third kappa shape index (κ3) is 5.53. The van der Waals surface area contributed by atoms with Crippen molar-refractivity contribution < 1.29 is 58.9 Å². The summed E-state index contributed by atoms with van der Waals surface area (Å²) in [5.74, 6) is -4.68. The van der Waals surface area contributed by atoms with Crippen LogP contribution in [0, 0.1) is 0 Å². The maximum absolute atomic E-state index is 13.9. The highest BCUT2D eigenvalue weighted by molar-refractivity contribution is 7.99. The minimum absolute atomic E-state index is 0.0208. The van der Waals surface area contributed by atoms with Gasteiger partial charge in [0.25, 0.3) is 5.91 Å². The first-order valence-electron chi connectivity index (χ1n) is 16.6. The van der Waals surface area contributed by atoms with Crippen LogP contribution in [0.4, 0.5) is 0 Å². The number of hydrogen-bond donors (Lipinski definition) is 7. The van der Waals surface area contributed by atoms with Crippen LogP contribution in [0.1, 0.15) is 82.0 Å². The van der Waals surface area contributed by atoms with Gasteiger partial charge >= 0.3 is 0 Å². The molecule has 0 saturated carbocycles. The highest BCUT2D eigenvalue weighted by atomic mass is 32.2. The number of nitrogens with zero attached hydrogens (tertiary/aromatic N) is 1. The number of nitrogens with one attached hydrogen (secondary N) is 2. The van der Waals surface area contributed by atoms with Gasteiger partial charge in [0, 0.05) is 53.8 Å². The molecule has 3 heterocycles. The first-order chi connectivity index (χ1) is 23.9. The van der Waals surface area contributed by atoms with E-state index in [1.807, 2.05) is 11.8 Å². The Bertz CT molecular complexity index is 1770. The maximum atomic E-state index is 13.9. The molecule has 15 nitrogen and oxygen atoms in total. The molecule has 3 saturated heterocycles. The summed E-state index contributed by atoms with van der Waals surface area (Å²) in [5, 5.41) is 56.8. The van der Waals surface area contributed by atoms with Crippen LogP contribution in [0.25, 0.3) is 0 Å². The Labute approximate surface area is 290 Å². The van der Waals surface area contributed by atoms with Gasteiger partial charge in [0.15, 0.2) is 18.3 Å². The summed E-state index contributed by atoms with van der Waals surface area (Å²) < 4.78 is 18.0. The van der Waals surface area contributed by atoms with Crippen molar-refractivity contribution in [2.24, 2.45) is 0 Å². The molecular weight excluding hydrogens is 674 g/mol. The van der Waals surface area contributed by atoms with Crippen LogP contribution in [-0.2, 0) is 30.2 Å². The van der Waals surface area contributed by atoms with E-state index in [2.05, 4.69) is 10.9 Å². The summed E-state index contributed by atoms with van der Waals surface area (Å²) in [6.07, 6.45) is -4.42. The van der Waals surface area contributed by atoms with Crippen molar-refractivity contribution in [1.29, 1.82) is 0 Å². The number of ether oxygens (including phenoxy) is 3.